The number of hydrogen-bond donors (Lipinski definition) is 3. The summed E-state index contributed by atoms with van der Waals surface area (Å²) in [4.78, 5) is 25.4. The van der Waals surface area contributed by atoms with E-state index < -0.39 is 10.5 Å². The van der Waals surface area contributed by atoms with Crippen LogP contribution in [0.15, 0.2) is 47.3 Å². The van der Waals surface area contributed by atoms with Crippen LogP contribution in [-0.2, 0) is 0 Å². The number of aromatic nitrogens is 3. The molecule has 25 heavy (non-hydrogen) atoms. The van der Waals surface area contributed by atoms with Gasteiger partial charge in [0.25, 0.3) is 11.2 Å². The first kappa shape index (κ1) is 14.7. The summed E-state index contributed by atoms with van der Waals surface area (Å²) in [5.41, 5.74) is 6.57. The van der Waals surface area contributed by atoms with Crippen molar-refractivity contribution in [3.63, 3.8) is 0 Å². The van der Waals surface area contributed by atoms with Gasteiger partial charge in [0.05, 0.1) is 16.1 Å². The summed E-state index contributed by atoms with van der Waals surface area (Å²) in [6, 6.07) is 10.4. The number of rotatable bonds is 2. The number of nitro benzene ring substituents is 1. The number of phenols is 1. The van der Waals surface area contributed by atoms with E-state index in [1.54, 1.807) is 12.1 Å². The maximum absolute atomic E-state index is 12.4. The van der Waals surface area contributed by atoms with Gasteiger partial charge in [-0.05, 0) is 18.2 Å². The van der Waals surface area contributed by atoms with E-state index in [1.165, 1.54) is 35.0 Å². The number of nitro groups is 1. The number of nitrogens with two attached hydrogens (primary N) is 1. The number of benzene rings is 2. The standard InChI is InChI=1S/C16H11N5O4/c17-15-13-14(19-20(15)8-2-1-3-10(22)6-8)11-5-4-9(21(24)25)7-12(11)18-16(13)23/h1-7,22H,17H2,(H,18,23). The Morgan fingerprint density at radius 3 is 2.76 bits per heavy atom. The molecule has 0 atom stereocenters. The van der Waals surface area contributed by atoms with Gasteiger partial charge in [-0.2, -0.15) is 5.10 Å². The van der Waals surface area contributed by atoms with Crippen molar-refractivity contribution in [2.45, 2.75) is 0 Å². The normalized spacial score (nSPS) is 11.2. The van der Waals surface area contributed by atoms with Crippen molar-refractivity contribution in [1.82, 2.24) is 14.8 Å². The number of phenolic OH excluding ortho intramolecular Hbond substituents is 1. The van der Waals surface area contributed by atoms with Crippen LogP contribution in [-0.4, -0.2) is 24.8 Å². The number of nitrogens with zero attached hydrogens (tertiary/aromatic N) is 3. The summed E-state index contributed by atoms with van der Waals surface area (Å²) in [5, 5.41) is 25.6. The van der Waals surface area contributed by atoms with E-state index in [2.05, 4.69) is 10.1 Å². The summed E-state index contributed by atoms with van der Waals surface area (Å²) in [6.07, 6.45) is 0. The first-order valence-corrected chi connectivity index (χ1v) is 7.24. The molecule has 0 bridgehead atoms. The number of non-ortho nitro benzene ring substituents is 1. The highest BCUT2D eigenvalue weighted by molar-refractivity contribution is 6.07. The summed E-state index contributed by atoms with van der Waals surface area (Å²) in [7, 11) is 0. The van der Waals surface area contributed by atoms with Gasteiger partial charge in [0.1, 0.15) is 22.5 Å². The molecule has 9 heteroatoms. The third kappa shape index (κ3) is 2.17. The van der Waals surface area contributed by atoms with Crippen molar-refractivity contribution in [2.24, 2.45) is 0 Å². The second-order valence-corrected chi connectivity index (χ2v) is 5.48. The highest BCUT2D eigenvalue weighted by Crippen LogP contribution is 2.29. The van der Waals surface area contributed by atoms with Crippen LogP contribution in [0.4, 0.5) is 11.5 Å². The Morgan fingerprint density at radius 2 is 2.04 bits per heavy atom. The molecule has 4 N–H and O–H groups in total. The van der Waals surface area contributed by atoms with Gasteiger partial charge in [0.15, 0.2) is 0 Å². The molecule has 124 valence electrons. The Morgan fingerprint density at radius 1 is 1.24 bits per heavy atom. The fourth-order valence-electron chi connectivity index (χ4n) is 2.81. The van der Waals surface area contributed by atoms with E-state index >= 15 is 0 Å². The molecule has 0 radical (unpaired) electrons. The number of hydrogen-bond acceptors (Lipinski definition) is 6. The van der Waals surface area contributed by atoms with E-state index in [-0.39, 0.29) is 22.6 Å². The van der Waals surface area contributed by atoms with Crippen molar-refractivity contribution in [1.29, 1.82) is 0 Å². The molecular weight excluding hydrogens is 326 g/mol. The van der Waals surface area contributed by atoms with Gasteiger partial charge in [-0.25, -0.2) is 4.68 Å². The first-order valence-electron chi connectivity index (χ1n) is 7.24. The van der Waals surface area contributed by atoms with Crippen LogP contribution in [0.2, 0.25) is 0 Å². The lowest BCUT2D eigenvalue weighted by Gasteiger charge is -2.03. The molecule has 4 aromatic rings. The number of aromatic amines is 1. The minimum Gasteiger partial charge on any atom is -0.508 e. The van der Waals surface area contributed by atoms with E-state index in [4.69, 9.17) is 5.73 Å². The smallest absolute Gasteiger partial charge is 0.271 e. The van der Waals surface area contributed by atoms with Gasteiger partial charge < -0.3 is 15.8 Å². The number of anilines is 1. The fraction of sp³-hybridized carbons (Fsp3) is 0. The topological polar surface area (TPSA) is 140 Å². The molecule has 0 saturated heterocycles. The number of H-pyrrole nitrogens is 1. The lowest BCUT2D eigenvalue weighted by molar-refractivity contribution is -0.384. The summed E-state index contributed by atoms with van der Waals surface area (Å²) in [5.74, 6) is 0.146. The Labute approximate surface area is 139 Å². The Balaban J connectivity index is 2.08. The molecule has 0 unspecified atom stereocenters. The summed E-state index contributed by atoms with van der Waals surface area (Å²) >= 11 is 0. The average Bonchev–Trinajstić information content (AvgIpc) is 2.93. The predicted octanol–water partition coefficient (Wildman–Crippen LogP) is 2.06. The molecule has 0 amide bonds. The van der Waals surface area contributed by atoms with Gasteiger partial charge in [0.2, 0.25) is 0 Å². The van der Waals surface area contributed by atoms with Crippen molar-refractivity contribution < 1.29 is 10.0 Å². The number of fused-ring (bicyclic) bond motifs is 3. The van der Waals surface area contributed by atoms with E-state index in [1.807, 2.05) is 0 Å². The van der Waals surface area contributed by atoms with Gasteiger partial charge in [0, 0.05) is 23.6 Å². The number of nitrogen functional groups attached to an aromatic ring is 1. The summed E-state index contributed by atoms with van der Waals surface area (Å²) < 4.78 is 1.35. The maximum Gasteiger partial charge on any atom is 0.271 e. The third-order valence-electron chi connectivity index (χ3n) is 3.94. The highest BCUT2D eigenvalue weighted by Gasteiger charge is 2.18. The van der Waals surface area contributed by atoms with Crippen molar-refractivity contribution in [3.05, 3.63) is 62.9 Å². The third-order valence-corrected chi connectivity index (χ3v) is 3.94. The van der Waals surface area contributed by atoms with Crippen molar-refractivity contribution >= 4 is 33.3 Å². The highest BCUT2D eigenvalue weighted by atomic mass is 16.6. The van der Waals surface area contributed by atoms with E-state index in [0.29, 0.717) is 22.1 Å². The Bertz CT molecular complexity index is 1220. The van der Waals surface area contributed by atoms with Crippen LogP contribution in [0.5, 0.6) is 5.75 Å². The van der Waals surface area contributed by atoms with Crippen LogP contribution >= 0.6 is 0 Å². The molecule has 2 aromatic heterocycles. The van der Waals surface area contributed by atoms with Gasteiger partial charge in [-0.15, -0.1) is 0 Å². The zero-order valence-corrected chi connectivity index (χ0v) is 12.6. The lowest BCUT2D eigenvalue weighted by Crippen LogP contribution is -2.08. The number of aromatic hydroxyl groups is 1. The van der Waals surface area contributed by atoms with E-state index in [0.717, 1.165) is 0 Å². The second-order valence-electron chi connectivity index (χ2n) is 5.48. The Hall–Kier alpha value is -3.88. The lowest BCUT2D eigenvalue weighted by atomic mass is 10.1. The van der Waals surface area contributed by atoms with Crippen molar-refractivity contribution in [3.8, 4) is 11.4 Å². The van der Waals surface area contributed by atoms with E-state index in [9.17, 15) is 20.0 Å². The van der Waals surface area contributed by atoms with Gasteiger partial charge in [-0.1, -0.05) is 6.07 Å². The molecular formula is C16H11N5O4. The molecule has 9 nitrogen and oxygen atoms in total. The maximum atomic E-state index is 12.4. The van der Waals surface area contributed by atoms with Crippen LogP contribution in [0.25, 0.3) is 27.5 Å². The molecule has 0 aliphatic heterocycles. The molecule has 0 aliphatic rings. The number of pyridine rings is 1. The van der Waals surface area contributed by atoms with Gasteiger partial charge in [-0.3, -0.25) is 14.9 Å². The van der Waals surface area contributed by atoms with Crippen LogP contribution in [0.3, 0.4) is 0 Å². The largest absolute Gasteiger partial charge is 0.508 e. The molecule has 4 rings (SSSR count). The SMILES string of the molecule is Nc1c2c(=O)[nH]c3cc([N+](=O)[O-])ccc3c2nn1-c1cccc(O)c1. The molecule has 0 saturated carbocycles. The molecule has 0 spiro atoms. The average molecular weight is 337 g/mol. The predicted molar refractivity (Wildman–Crippen MR) is 91.9 cm³/mol. The molecule has 0 fully saturated rings. The Kier molecular flexibility index (Phi) is 2.98. The summed E-state index contributed by atoms with van der Waals surface area (Å²) in [6.45, 7) is 0. The van der Waals surface area contributed by atoms with Gasteiger partial charge >= 0.3 is 0 Å². The molecule has 2 aromatic carbocycles. The fourth-order valence-corrected chi connectivity index (χ4v) is 2.81. The number of nitrogens with one attached hydrogen (secondary N) is 1. The van der Waals surface area contributed by atoms with Crippen LogP contribution in [0.1, 0.15) is 0 Å². The zero-order chi connectivity index (χ0) is 17.7. The second kappa shape index (κ2) is 5.06. The minimum absolute atomic E-state index is 0.0332. The zero-order valence-electron chi connectivity index (χ0n) is 12.6. The van der Waals surface area contributed by atoms with Crippen LogP contribution in [0, 0.1) is 10.1 Å². The van der Waals surface area contributed by atoms with Crippen LogP contribution < -0.4 is 11.3 Å². The molecule has 0 aliphatic carbocycles. The first-order chi connectivity index (χ1) is 12.0. The van der Waals surface area contributed by atoms with Crippen molar-refractivity contribution in [2.75, 3.05) is 5.73 Å². The minimum atomic E-state index is -0.540. The quantitative estimate of drug-likeness (QED) is 0.378. The molecule has 2 heterocycles. The monoisotopic (exact) mass is 337 g/mol.